The topological polar surface area (TPSA) is 64.7 Å². The monoisotopic (exact) mass is 912 g/mol. The maximum absolute atomic E-state index is 6.24. The molecule has 0 saturated heterocycles. The van der Waals surface area contributed by atoms with Crippen LogP contribution in [0.15, 0.2) is 248 Å². The molecule has 0 radical (unpaired) electrons. The van der Waals surface area contributed by atoms with E-state index in [0.29, 0.717) is 5.71 Å². The van der Waals surface area contributed by atoms with Gasteiger partial charge in [-0.25, -0.2) is 4.98 Å². The van der Waals surface area contributed by atoms with E-state index >= 15 is 0 Å². The summed E-state index contributed by atoms with van der Waals surface area (Å²) in [6.45, 7) is 0. The van der Waals surface area contributed by atoms with Crippen LogP contribution < -0.4 is 0 Å². The Balaban J connectivity index is 0.939. The smallest absolute Gasteiger partial charge is 0.227 e. The molecule has 338 valence electrons. The van der Waals surface area contributed by atoms with E-state index < -0.39 is 0 Å². The van der Waals surface area contributed by atoms with Gasteiger partial charge in [0.25, 0.3) is 0 Å². The number of hydrogen-bond acceptors (Lipinski definition) is 5. The van der Waals surface area contributed by atoms with E-state index in [0.717, 1.165) is 104 Å². The van der Waals surface area contributed by atoms with Crippen LogP contribution in [0.3, 0.4) is 0 Å². The van der Waals surface area contributed by atoms with Gasteiger partial charge in [0.05, 0.1) is 17.1 Å². The van der Waals surface area contributed by atoms with Gasteiger partial charge in [0.1, 0.15) is 5.58 Å². The predicted octanol–water partition coefficient (Wildman–Crippen LogP) is 16.4. The van der Waals surface area contributed by atoms with Crippen LogP contribution in [0, 0.1) is 0 Å². The third kappa shape index (κ3) is 9.17. The summed E-state index contributed by atoms with van der Waals surface area (Å²) in [4.78, 5) is 19.6. The molecule has 0 bridgehead atoms. The zero-order chi connectivity index (χ0) is 47.3. The largest absolute Gasteiger partial charge is 0.438 e. The average Bonchev–Trinajstić information content (AvgIpc) is 3.84. The second-order valence-electron chi connectivity index (χ2n) is 18.1. The molecule has 0 amide bonds. The van der Waals surface area contributed by atoms with Crippen molar-refractivity contribution in [3.8, 4) is 78.3 Å². The highest BCUT2D eigenvalue weighted by Crippen LogP contribution is 2.42. The van der Waals surface area contributed by atoms with E-state index in [2.05, 4.69) is 199 Å². The van der Waals surface area contributed by atoms with Gasteiger partial charge in [-0.2, -0.15) is 0 Å². The highest BCUT2D eigenvalue weighted by Gasteiger charge is 2.19. The first-order valence-electron chi connectivity index (χ1n) is 24.3. The third-order valence-electron chi connectivity index (χ3n) is 13.5. The Kier molecular flexibility index (Phi) is 11.9. The summed E-state index contributed by atoms with van der Waals surface area (Å²) in [7, 11) is 0. The van der Waals surface area contributed by atoms with Crippen LogP contribution in [0.5, 0.6) is 0 Å². The second-order valence-corrected chi connectivity index (χ2v) is 18.1. The molecular formula is C66H48N4O. The molecule has 0 atom stereocenters. The maximum Gasteiger partial charge on any atom is 0.227 e. The van der Waals surface area contributed by atoms with Gasteiger partial charge >= 0.3 is 0 Å². The summed E-state index contributed by atoms with van der Waals surface area (Å²) in [6.07, 6.45) is 11.4. The van der Waals surface area contributed by atoms with Gasteiger partial charge in [-0.3, -0.25) is 15.0 Å². The van der Waals surface area contributed by atoms with Crippen molar-refractivity contribution in [3.63, 3.8) is 0 Å². The predicted molar refractivity (Wildman–Crippen MR) is 291 cm³/mol. The second kappa shape index (κ2) is 19.5. The number of furan rings is 1. The lowest BCUT2D eigenvalue weighted by molar-refractivity contribution is 0.654. The fraction of sp³-hybridized carbons (Fsp3) is 0.0606. The van der Waals surface area contributed by atoms with Crippen LogP contribution >= 0.6 is 0 Å². The Hall–Kier alpha value is -9.06. The Morgan fingerprint density at radius 1 is 0.296 bits per heavy atom. The zero-order valence-electron chi connectivity index (χ0n) is 39.1. The minimum absolute atomic E-state index is 0.620. The van der Waals surface area contributed by atoms with Gasteiger partial charge in [0.15, 0.2) is 0 Å². The minimum Gasteiger partial charge on any atom is -0.438 e. The van der Waals surface area contributed by atoms with Crippen LogP contribution in [0.4, 0.5) is 0 Å². The van der Waals surface area contributed by atoms with Gasteiger partial charge in [0.2, 0.25) is 5.71 Å². The first-order valence-corrected chi connectivity index (χ1v) is 24.3. The highest BCUT2D eigenvalue weighted by molar-refractivity contribution is 6.11. The molecule has 0 N–H and O–H groups in total. The normalized spacial score (nSPS) is 11.3. The van der Waals surface area contributed by atoms with E-state index in [-0.39, 0.29) is 0 Å². The van der Waals surface area contributed by atoms with Crippen LogP contribution in [-0.2, 0) is 25.7 Å². The first kappa shape index (κ1) is 43.2. The SMILES string of the molecule is c1ccc(-c2ccc(-c3cc(-c4cccc5oc6ncccc6c45)ncc3-c3ccccc3-c3cc(CCc4ccc(-c5ccccc5)nc4)cc(CCc4ccc(-c5ccccc5)nc4)c3)cc2)cc1. The molecule has 7 aromatic carbocycles. The van der Waals surface area contributed by atoms with Gasteiger partial charge < -0.3 is 4.42 Å². The molecule has 5 nitrogen and oxygen atoms in total. The number of fused-ring (bicyclic) bond motifs is 3. The number of hydrogen-bond donors (Lipinski definition) is 0. The molecular weight excluding hydrogens is 865 g/mol. The Morgan fingerprint density at radius 3 is 1.45 bits per heavy atom. The van der Waals surface area contributed by atoms with Gasteiger partial charge in [-0.05, 0) is 123 Å². The Bertz CT molecular complexity index is 3670. The van der Waals surface area contributed by atoms with Crippen molar-refractivity contribution in [2.45, 2.75) is 25.7 Å². The maximum atomic E-state index is 6.24. The lowest BCUT2D eigenvalue weighted by Crippen LogP contribution is -1.99. The third-order valence-corrected chi connectivity index (χ3v) is 13.5. The summed E-state index contributed by atoms with van der Waals surface area (Å²) in [5, 5.41) is 1.98. The molecule has 0 unspecified atom stereocenters. The van der Waals surface area contributed by atoms with E-state index in [4.69, 9.17) is 19.4 Å². The molecule has 71 heavy (non-hydrogen) atoms. The quantitative estimate of drug-likeness (QED) is 0.115. The summed E-state index contributed by atoms with van der Waals surface area (Å²) >= 11 is 0. The molecule has 0 aliphatic rings. The van der Waals surface area contributed by atoms with Crippen molar-refractivity contribution in [2.24, 2.45) is 0 Å². The summed E-state index contributed by atoms with van der Waals surface area (Å²) < 4.78 is 6.24. The lowest BCUT2D eigenvalue weighted by Gasteiger charge is -2.18. The molecule has 5 aromatic heterocycles. The van der Waals surface area contributed by atoms with Crippen molar-refractivity contribution in [2.75, 3.05) is 0 Å². The lowest BCUT2D eigenvalue weighted by atomic mass is 9.87. The van der Waals surface area contributed by atoms with Gasteiger partial charge in [0, 0.05) is 57.8 Å². The van der Waals surface area contributed by atoms with Crippen molar-refractivity contribution in [3.05, 3.63) is 265 Å². The molecule has 0 saturated carbocycles. The van der Waals surface area contributed by atoms with Gasteiger partial charge in [-0.1, -0.05) is 182 Å². The molecule has 0 fully saturated rings. The molecule has 0 spiro atoms. The van der Waals surface area contributed by atoms with E-state index in [1.807, 2.05) is 42.7 Å². The molecule has 5 heterocycles. The molecule has 12 rings (SSSR count). The summed E-state index contributed by atoms with van der Waals surface area (Å²) in [5.74, 6) is 0. The summed E-state index contributed by atoms with van der Waals surface area (Å²) in [5.41, 5.74) is 21.6. The van der Waals surface area contributed by atoms with Crippen molar-refractivity contribution in [1.82, 2.24) is 19.9 Å². The first-order chi connectivity index (χ1) is 35.2. The number of aromatic nitrogens is 4. The fourth-order valence-electron chi connectivity index (χ4n) is 9.86. The summed E-state index contributed by atoms with van der Waals surface area (Å²) in [6, 6.07) is 77.4. The number of rotatable bonds is 13. The van der Waals surface area contributed by atoms with Gasteiger partial charge in [-0.15, -0.1) is 0 Å². The van der Waals surface area contributed by atoms with Crippen molar-refractivity contribution < 1.29 is 4.42 Å². The highest BCUT2D eigenvalue weighted by atomic mass is 16.3. The van der Waals surface area contributed by atoms with Crippen LogP contribution in [0.25, 0.3) is 100 Å². The number of pyridine rings is 4. The van der Waals surface area contributed by atoms with Crippen LogP contribution in [0.1, 0.15) is 22.3 Å². The minimum atomic E-state index is 0.620. The zero-order valence-corrected chi connectivity index (χ0v) is 39.1. The standard InChI is InChI=1S/C66H48N4O/c1-4-14-49(15-5-1)50-31-33-51(34-32-50)59-41-63(57-22-12-24-64-65(57)58-23-13-37-67-66(58)71-64)70-44-60(59)56-21-11-10-20-55(56)54-39-47(27-25-45-29-35-61(68-42-45)52-16-6-2-7-17-52)38-48(40-54)28-26-46-30-36-62(69-43-46)53-18-8-3-9-19-53/h1-24,29-44H,25-28H2. The number of benzene rings is 7. The fourth-order valence-corrected chi connectivity index (χ4v) is 9.86. The van der Waals surface area contributed by atoms with E-state index in [9.17, 15) is 0 Å². The molecule has 5 heteroatoms. The van der Waals surface area contributed by atoms with Crippen molar-refractivity contribution in [1.29, 1.82) is 0 Å². The van der Waals surface area contributed by atoms with Crippen LogP contribution in [-0.4, -0.2) is 19.9 Å². The van der Waals surface area contributed by atoms with E-state index in [1.54, 1.807) is 6.20 Å². The molecule has 12 aromatic rings. The Labute approximate surface area is 413 Å². The average molecular weight is 913 g/mol. The number of nitrogens with zero attached hydrogens (tertiary/aromatic N) is 4. The molecule has 0 aliphatic carbocycles. The van der Waals surface area contributed by atoms with Crippen molar-refractivity contribution >= 4 is 22.1 Å². The molecule has 0 aliphatic heterocycles. The Morgan fingerprint density at radius 2 is 0.831 bits per heavy atom. The number of aryl methyl sites for hydroxylation is 4. The van der Waals surface area contributed by atoms with Crippen LogP contribution in [0.2, 0.25) is 0 Å². The van der Waals surface area contributed by atoms with E-state index in [1.165, 1.54) is 38.9 Å².